The lowest BCUT2D eigenvalue weighted by molar-refractivity contribution is -0.116. The average Bonchev–Trinajstić information content (AvgIpc) is 3.30. The summed E-state index contributed by atoms with van der Waals surface area (Å²) in [6, 6.07) is 10.2. The van der Waals surface area contributed by atoms with E-state index in [1.54, 1.807) is 23.2 Å². The smallest absolute Gasteiger partial charge is 0.238 e. The van der Waals surface area contributed by atoms with E-state index in [2.05, 4.69) is 4.98 Å². The van der Waals surface area contributed by atoms with Gasteiger partial charge in [0.1, 0.15) is 0 Å². The summed E-state index contributed by atoms with van der Waals surface area (Å²) >= 11 is 7.60. The van der Waals surface area contributed by atoms with Gasteiger partial charge < -0.3 is 4.90 Å². The largest absolute Gasteiger partial charge is 0.308 e. The van der Waals surface area contributed by atoms with Crippen LogP contribution in [-0.2, 0) is 21.2 Å². The number of hydrogen-bond donors (Lipinski definition) is 1. The van der Waals surface area contributed by atoms with Crippen LogP contribution < -0.4 is 10.0 Å². The zero-order chi connectivity index (χ0) is 22.3. The minimum atomic E-state index is -3.79. The van der Waals surface area contributed by atoms with Gasteiger partial charge >= 0.3 is 0 Å². The van der Waals surface area contributed by atoms with Gasteiger partial charge in [-0.1, -0.05) is 29.4 Å². The molecule has 2 heterocycles. The molecule has 0 saturated carbocycles. The Balaban J connectivity index is 1.54. The maximum atomic E-state index is 13.1. The van der Waals surface area contributed by atoms with Crippen LogP contribution >= 0.6 is 23.4 Å². The Labute approximate surface area is 190 Å². The number of benzene rings is 2. The molecule has 0 unspecified atom stereocenters. The van der Waals surface area contributed by atoms with Gasteiger partial charge in [-0.2, -0.15) is 0 Å². The fraction of sp³-hybridized carbons (Fsp3) is 0.238. The number of sulfonamides is 1. The van der Waals surface area contributed by atoms with Crippen molar-refractivity contribution >= 4 is 45.0 Å². The standard InChI is InChI=1S/C21H21ClN4O3S2/c1-13-10-15-11-16(31(23,28)29)6-7-19(15)26(13)20(27)12-30-21-24-8-9-25(21)18-5-3-4-17(22)14(18)2/h3-9,11,13H,10,12H2,1-2H3,(H2,23,28,29)/t13-/m1/s1. The van der Waals surface area contributed by atoms with Crippen LogP contribution in [0.2, 0.25) is 5.02 Å². The van der Waals surface area contributed by atoms with Crippen molar-refractivity contribution in [2.75, 3.05) is 10.7 Å². The normalized spacial score (nSPS) is 15.9. The van der Waals surface area contributed by atoms with Crippen LogP contribution in [0.4, 0.5) is 5.69 Å². The molecule has 31 heavy (non-hydrogen) atoms. The van der Waals surface area contributed by atoms with Crippen LogP contribution in [0.15, 0.2) is 58.8 Å². The molecule has 7 nitrogen and oxygen atoms in total. The molecule has 0 bridgehead atoms. The second-order valence-electron chi connectivity index (χ2n) is 7.40. The summed E-state index contributed by atoms with van der Waals surface area (Å²) in [5.41, 5.74) is 3.37. The third-order valence-electron chi connectivity index (χ3n) is 5.29. The number of anilines is 1. The number of nitrogens with two attached hydrogens (primary N) is 1. The molecular formula is C21H21ClN4O3S2. The topological polar surface area (TPSA) is 98.3 Å². The van der Waals surface area contributed by atoms with Crippen LogP contribution in [0.1, 0.15) is 18.1 Å². The second kappa shape index (κ2) is 8.31. The molecule has 4 rings (SSSR count). The molecule has 3 aromatic rings. The van der Waals surface area contributed by atoms with Crippen molar-refractivity contribution < 1.29 is 13.2 Å². The molecule has 0 radical (unpaired) electrons. The second-order valence-corrected chi connectivity index (χ2v) is 10.3. The Morgan fingerprint density at radius 3 is 2.81 bits per heavy atom. The molecule has 0 saturated heterocycles. The number of imidazole rings is 1. The van der Waals surface area contributed by atoms with Gasteiger partial charge in [-0.3, -0.25) is 9.36 Å². The van der Waals surface area contributed by atoms with E-state index in [4.69, 9.17) is 16.7 Å². The van der Waals surface area contributed by atoms with E-state index < -0.39 is 10.0 Å². The lowest BCUT2D eigenvalue weighted by Crippen LogP contribution is -2.37. The van der Waals surface area contributed by atoms with Crippen molar-refractivity contribution in [1.29, 1.82) is 0 Å². The van der Waals surface area contributed by atoms with Gasteiger partial charge in [0.15, 0.2) is 5.16 Å². The van der Waals surface area contributed by atoms with Crippen LogP contribution in [0, 0.1) is 6.92 Å². The fourth-order valence-electron chi connectivity index (χ4n) is 3.80. The number of rotatable bonds is 5. The molecule has 0 fully saturated rings. The van der Waals surface area contributed by atoms with Crippen molar-refractivity contribution in [3.05, 3.63) is 64.9 Å². The van der Waals surface area contributed by atoms with Gasteiger partial charge in [-0.25, -0.2) is 18.5 Å². The lowest BCUT2D eigenvalue weighted by atomic mass is 10.1. The van der Waals surface area contributed by atoms with Crippen molar-refractivity contribution in [3.63, 3.8) is 0 Å². The molecule has 1 aliphatic rings. The first-order valence-electron chi connectivity index (χ1n) is 9.56. The summed E-state index contributed by atoms with van der Waals surface area (Å²) in [6.07, 6.45) is 4.11. The minimum Gasteiger partial charge on any atom is -0.308 e. The molecule has 1 aliphatic heterocycles. The van der Waals surface area contributed by atoms with Crippen LogP contribution in [0.3, 0.4) is 0 Å². The van der Waals surface area contributed by atoms with Gasteiger partial charge in [0.2, 0.25) is 15.9 Å². The Morgan fingerprint density at radius 2 is 2.06 bits per heavy atom. The molecule has 1 amide bonds. The van der Waals surface area contributed by atoms with E-state index in [9.17, 15) is 13.2 Å². The number of nitrogens with zero attached hydrogens (tertiary/aromatic N) is 3. The van der Waals surface area contributed by atoms with Gasteiger partial charge in [-0.05, 0) is 61.7 Å². The maximum Gasteiger partial charge on any atom is 0.238 e. The van der Waals surface area contributed by atoms with Crippen molar-refractivity contribution in [3.8, 4) is 5.69 Å². The molecule has 0 spiro atoms. The first-order chi connectivity index (χ1) is 14.7. The first kappa shape index (κ1) is 21.9. The van der Waals surface area contributed by atoms with Crippen molar-refractivity contribution in [2.45, 2.75) is 36.4 Å². The highest BCUT2D eigenvalue weighted by Crippen LogP contribution is 2.35. The van der Waals surface area contributed by atoms with Crippen molar-refractivity contribution in [1.82, 2.24) is 9.55 Å². The molecule has 2 N–H and O–H groups in total. The SMILES string of the molecule is Cc1c(Cl)cccc1-n1ccnc1SCC(=O)N1c2ccc(S(N)(=O)=O)cc2C[C@H]1C. The molecule has 0 aliphatic carbocycles. The Kier molecular flexibility index (Phi) is 5.87. The van der Waals surface area contributed by atoms with Crippen LogP contribution in [0.5, 0.6) is 0 Å². The number of carbonyl (C=O) groups is 1. The number of primary sulfonamides is 1. The third-order valence-corrected chi connectivity index (χ3v) is 7.57. The summed E-state index contributed by atoms with van der Waals surface area (Å²) < 4.78 is 25.2. The van der Waals surface area contributed by atoms with Gasteiger partial charge in [0, 0.05) is 29.1 Å². The summed E-state index contributed by atoms with van der Waals surface area (Å²) in [5.74, 6) is 0.120. The zero-order valence-corrected chi connectivity index (χ0v) is 19.3. The highest BCUT2D eigenvalue weighted by Gasteiger charge is 2.32. The molecule has 1 atom stereocenters. The molecule has 162 valence electrons. The zero-order valence-electron chi connectivity index (χ0n) is 16.9. The Hall–Kier alpha value is -2.33. The predicted octanol–water partition coefficient (Wildman–Crippen LogP) is 3.55. The first-order valence-corrected chi connectivity index (χ1v) is 12.5. The molecule has 10 heteroatoms. The monoisotopic (exact) mass is 476 g/mol. The van der Waals surface area contributed by atoms with E-state index in [1.165, 1.54) is 17.8 Å². The van der Waals surface area contributed by atoms with Crippen molar-refractivity contribution in [2.24, 2.45) is 5.14 Å². The van der Waals surface area contributed by atoms with E-state index in [-0.39, 0.29) is 22.6 Å². The number of thioether (sulfide) groups is 1. The molecular weight excluding hydrogens is 456 g/mol. The van der Waals surface area contributed by atoms with Crippen LogP contribution in [0.25, 0.3) is 5.69 Å². The number of halogens is 1. The van der Waals surface area contributed by atoms with E-state index >= 15 is 0 Å². The Bertz CT molecular complexity index is 1270. The summed E-state index contributed by atoms with van der Waals surface area (Å²) in [4.78, 5) is 19.2. The number of hydrogen-bond acceptors (Lipinski definition) is 5. The van der Waals surface area contributed by atoms with E-state index in [0.717, 1.165) is 22.5 Å². The van der Waals surface area contributed by atoms with Gasteiger partial charge in [0.05, 0.1) is 16.3 Å². The van der Waals surface area contributed by atoms with Gasteiger partial charge in [0.25, 0.3) is 0 Å². The quantitative estimate of drug-likeness (QED) is 0.568. The lowest BCUT2D eigenvalue weighted by Gasteiger charge is -2.22. The third kappa shape index (κ3) is 4.23. The highest BCUT2D eigenvalue weighted by atomic mass is 35.5. The maximum absolute atomic E-state index is 13.1. The number of carbonyl (C=O) groups excluding carboxylic acids is 1. The van der Waals surface area contributed by atoms with Crippen LogP contribution in [-0.4, -0.2) is 35.7 Å². The van der Waals surface area contributed by atoms with E-state index in [1.807, 2.05) is 42.8 Å². The summed E-state index contributed by atoms with van der Waals surface area (Å²) in [6.45, 7) is 3.88. The summed E-state index contributed by atoms with van der Waals surface area (Å²) in [5, 5.41) is 6.59. The minimum absolute atomic E-state index is 0.0565. The van der Waals surface area contributed by atoms with Gasteiger partial charge in [-0.15, -0.1) is 0 Å². The predicted molar refractivity (Wildman–Crippen MR) is 123 cm³/mol. The fourth-order valence-corrected chi connectivity index (χ4v) is 5.36. The number of fused-ring (bicyclic) bond motifs is 1. The molecule has 1 aromatic heterocycles. The average molecular weight is 477 g/mol. The Morgan fingerprint density at radius 1 is 1.29 bits per heavy atom. The van der Waals surface area contributed by atoms with E-state index in [0.29, 0.717) is 16.6 Å². The number of amides is 1. The molecule has 2 aromatic carbocycles. The summed E-state index contributed by atoms with van der Waals surface area (Å²) in [7, 11) is -3.79. The number of aromatic nitrogens is 2. The highest BCUT2D eigenvalue weighted by molar-refractivity contribution is 7.99.